The molecule has 1 atom stereocenters. The third kappa shape index (κ3) is 3.32. The van der Waals surface area contributed by atoms with Crippen LogP contribution in [0.25, 0.3) is 0 Å². The lowest BCUT2D eigenvalue weighted by Crippen LogP contribution is -2.50. The lowest BCUT2D eigenvalue weighted by atomic mass is 10.1. The summed E-state index contributed by atoms with van der Waals surface area (Å²) >= 11 is 0. The van der Waals surface area contributed by atoms with E-state index in [1.54, 1.807) is 6.92 Å². The number of hydrogen-bond acceptors (Lipinski definition) is 7. The highest BCUT2D eigenvalue weighted by molar-refractivity contribution is 5.60. The first-order chi connectivity index (χ1) is 12.6. The van der Waals surface area contributed by atoms with Crippen LogP contribution in [0.4, 0.5) is 23.0 Å². The van der Waals surface area contributed by atoms with Gasteiger partial charge in [-0.1, -0.05) is 0 Å². The summed E-state index contributed by atoms with van der Waals surface area (Å²) in [5.74, 6) is 0.361. The van der Waals surface area contributed by atoms with E-state index in [9.17, 15) is 10.1 Å². The minimum atomic E-state index is -0.474. The number of piperazine rings is 1. The lowest BCUT2D eigenvalue weighted by molar-refractivity contribution is -0.386. The molecule has 2 saturated heterocycles. The van der Waals surface area contributed by atoms with Gasteiger partial charge >= 0.3 is 5.69 Å². The Bertz CT molecular complexity index is 810. The van der Waals surface area contributed by atoms with Crippen LogP contribution in [0.5, 0.6) is 0 Å². The fourth-order valence-electron chi connectivity index (χ4n) is 3.81. The van der Waals surface area contributed by atoms with Crippen molar-refractivity contribution in [3.8, 4) is 0 Å². The Morgan fingerprint density at radius 1 is 1.23 bits per heavy atom. The van der Waals surface area contributed by atoms with Gasteiger partial charge in [0.25, 0.3) is 0 Å². The Balaban J connectivity index is 1.43. The zero-order valence-corrected chi connectivity index (χ0v) is 14.8. The van der Waals surface area contributed by atoms with Gasteiger partial charge in [-0.2, -0.15) is 0 Å². The van der Waals surface area contributed by atoms with Crippen LogP contribution in [0.1, 0.15) is 18.5 Å². The molecule has 1 aromatic heterocycles. The van der Waals surface area contributed by atoms with Crippen LogP contribution in [0, 0.1) is 17.0 Å². The Kier molecular flexibility index (Phi) is 4.42. The average Bonchev–Trinajstić information content (AvgIpc) is 3.10. The third-order valence-corrected chi connectivity index (χ3v) is 5.23. The molecule has 8 nitrogen and oxygen atoms in total. The standard InChI is InChI=1S/C18H22N6O2/c1-13-17(24(25)26)11-19-18(20-13)21-14-4-6-15(7-5-14)23-10-9-22-8-2-3-16(22)12-23/h4-7,11,16H,2-3,8-10,12H2,1H3,(H,19,20,21). The monoisotopic (exact) mass is 354 g/mol. The van der Waals surface area contributed by atoms with Crippen molar-refractivity contribution in [3.63, 3.8) is 0 Å². The van der Waals surface area contributed by atoms with Gasteiger partial charge in [0.1, 0.15) is 11.9 Å². The summed E-state index contributed by atoms with van der Waals surface area (Å²) in [7, 11) is 0. The van der Waals surface area contributed by atoms with Gasteiger partial charge in [-0.05, 0) is 50.6 Å². The predicted molar refractivity (Wildman–Crippen MR) is 100.0 cm³/mol. The maximum absolute atomic E-state index is 10.8. The van der Waals surface area contributed by atoms with Crippen LogP contribution in [-0.2, 0) is 0 Å². The number of nitrogens with one attached hydrogen (secondary N) is 1. The van der Waals surface area contributed by atoms with E-state index < -0.39 is 4.92 Å². The number of fused-ring (bicyclic) bond motifs is 1. The molecule has 2 aromatic rings. The second-order valence-corrected chi connectivity index (χ2v) is 6.87. The fourth-order valence-corrected chi connectivity index (χ4v) is 3.81. The highest BCUT2D eigenvalue weighted by atomic mass is 16.6. The van der Waals surface area contributed by atoms with Crippen molar-refractivity contribution in [3.05, 3.63) is 46.3 Å². The fraction of sp³-hybridized carbons (Fsp3) is 0.444. The maximum Gasteiger partial charge on any atom is 0.308 e. The maximum atomic E-state index is 10.8. The van der Waals surface area contributed by atoms with Crippen molar-refractivity contribution in [2.45, 2.75) is 25.8 Å². The largest absolute Gasteiger partial charge is 0.369 e. The molecule has 3 heterocycles. The van der Waals surface area contributed by atoms with E-state index in [1.165, 1.54) is 31.3 Å². The van der Waals surface area contributed by atoms with E-state index in [0.29, 0.717) is 17.7 Å². The summed E-state index contributed by atoms with van der Waals surface area (Å²) in [6.45, 7) is 6.15. The SMILES string of the molecule is Cc1nc(Nc2ccc(N3CCN4CCCC4C3)cc2)ncc1[N+](=O)[O-]. The molecule has 2 aliphatic heterocycles. The quantitative estimate of drug-likeness (QED) is 0.667. The van der Waals surface area contributed by atoms with Crippen molar-refractivity contribution >= 4 is 23.0 Å². The third-order valence-electron chi connectivity index (χ3n) is 5.23. The van der Waals surface area contributed by atoms with Gasteiger partial charge in [-0.25, -0.2) is 9.97 Å². The van der Waals surface area contributed by atoms with Gasteiger partial charge in [-0.15, -0.1) is 0 Å². The van der Waals surface area contributed by atoms with Crippen LogP contribution in [-0.4, -0.2) is 52.0 Å². The topological polar surface area (TPSA) is 87.4 Å². The van der Waals surface area contributed by atoms with Crippen LogP contribution >= 0.6 is 0 Å². The number of benzene rings is 1. The molecule has 2 fully saturated rings. The van der Waals surface area contributed by atoms with Gasteiger partial charge in [0.15, 0.2) is 0 Å². The molecule has 0 amide bonds. The predicted octanol–water partition coefficient (Wildman–Crippen LogP) is 2.72. The lowest BCUT2D eigenvalue weighted by Gasteiger charge is -2.38. The van der Waals surface area contributed by atoms with E-state index >= 15 is 0 Å². The van der Waals surface area contributed by atoms with Gasteiger partial charge < -0.3 is 10.2 Å². The Morgan fingerprint density at radius 3 is 2.77 bits per heavy atom. The molecule has 0 spiro atoms. The Morgan fingerprint density at radius 2 is 2.04 bits per heavy atom. The Hall–Kier alpha value is -2.74. The normalized spacial score (nSPS) is 20.0. The number of nitro groups is 1. The van der Waals surface area contributed by atoms with Gasteiger partial charge in [-0.3, -0.25) is 15.0 Å². The van der Waals surface area contributed by atoms with Gasteiger partial charge in [0.2, 0.25) is 5.95 Å². The first-order valence-corrected chi connectivity index (χ1v) is 8.94. The van der Waals surface area contributed by atoms with Crippen molar-refractivity contribution in [2.24, 2.45) is 0 Å². The number of aromatic nitrogens is 2. The van der Waals surface area contributed by atoms with E-state index in [0.717, 1.165) is 25.3 Å². The molecule has 1 unspecified atom stereocenters. The molecule has 2 aliphatic rings. The number of nitrogens with zero attached hydrogens (tertiary/aromatic N) is 5. The second-order valence-electron chi connectivity index (χ2n) is 6.87. The molecule has 1 N–H and O–H groups in total. The van der Waals surface area contributed by atoms with Crippen molar-refractivity contribution in [2.75, 3.05) is 36.4 Å². The zero-order valence-electron chi connectivity index (χ0n) is 14.8. The summed E-state index contributed by atoms with van der Waals surface area (Å²) in [5, 5.41) is 14.0. The molecule has 8 heteroatoms. The molecule has 136 valence electrons. The summed E-state index contributed by atoms with van der Waals surface area (Å²) in [5.41, 5.74) is 2.36. The van der Waals surface area contributed by atoms with Crippen LogP contribution in [0.2, 0.25) is 0 Å². The molecule has 26 heavy (non-hydrogen) atoms. The number of rotatable bonds is 4. The smallest absolute Gasteiger partial charge is 0.308 e. The minimum absolute atomic E-state index is 0.0723. The summed E-state index contributed by atoms with van der Waals surface area (Å²) < 4.78 is 0. The first kappa shape index (κ1) is 16.7. The molecular formula is C18H22N6O2. The van der Waals surface area contributed by atoms with E-state index in [1.807, 2.05) is 12.1 Å². The molecule has 1 aromatic carbocycles. The number of hydrogen-bond donors (Lipinski definition) is 1. The summed E-state index contributed by atoms with van der Waals surface area (Å²) in [4.78, 5) is 23.6. The summed E-state index contributed by atoms with van der Waals surface area (Å²) in [6.07, 6.45) is 3.85. The highest BCUT2D eigenvalue weighted by Gasteiger charge is 2.30. The molecular weight excluding hydrogens is 332 g/mol. The molecule has 0 radical (unpaired) electrons. The first-order valence-electron chi connectivity index (χ1n) is 8.94. The summed E-state index contributed by atoms with van der Waals surface area (Å²) in [6, 6.07) is 8.89. The van der Waals surface area contributed by atoms with Crippen LogP contribution in [0.3, 0.4) is 0 Å². The average molecular weight is 354 g/mol. The van der Waals surface area contributed by atoms with Crippen LogP contribution in [0.15, 0.2) is 30.5 Å². The van der Waals surface area contributed by atoms with Crippen molar-refractivity contribution in [1.29, 1.82) is 0 Å². The van der Waals surface area contributed by atoms with E-state index in [-0.39, 0.29) is 5.69 Å². The minimum Gasteiger partial charge on any atom is -0.369 e. The Labute approximate surface area is 152 Å². The van der Waals surface area contributed by atoms with Gasteiger partial charge in [0, 0.05) is 37.1 Å². The van der Waals surface area contributed by atoms with Gasteiger partial charge in [0.05, 0.1) is 4.92 Å². The molecule has 4 rings (SSSR count). The highest BCUT2D eigenvalue weighted by Crippen LogP contribution is 2.27. The van der Waals surface area contributed by atoms with Crippen molar-refractivity contribution in [1.82, 2.24) is 14.9 Å². The number of aryl methyl sites for hydroxylation is 1. The molecule has 0 bridgehead atoms. The molecule has 0 saturated carbocycles. The van der Waals surface area contributed by atoms with E-state index in [2.05, 4.69) is 37.2 Å². The van der Waals surface area contributed by atoms with E-state index in [4.69, 9.17) is 0 Å². The zero-order chi connectivity index (χ0) is 18.1. The second kappa shape index (κ2) is 6.87. The van der Waals surface area contributed by atoms with Crippen molar-refractivity contribution < 1.29 is 4.92 Å². The molecule has 0 aliphatic carbocycles. The number of anilines is 3. The van der Waals surface area contributed by atoms with Crippen LogP contribution < -0.4 is 10.2 Å².